The third-order valence-electron chi connectivity index (χ3n) is 6.59. The van der Waals surface area contributed by atoms with Gasteiger partial charge in [0.25, 0.3) is 0 Å². The summed E-state index contributed by atoms with van der Waals surface area (Å²) >= 11 is 0. The van der Waals surface area contributed by atoms with Gasteiger partial charge < -0.3 is 19.4 Å². The van der Waals surface area contributed by atoms with Gasteiger partial charge in [0.1, 0.15) is 23.9 Å². The van der Waals surface area contributed by atoms with Gasteiger partial charge in [0, 0.05) is 43.4 Å². The van der Waals surface area contributed by atoms with Crippen LogP contribution in [0.3, 0.4) is 0 Å². The topological polar surface area (TPSA) is 65.5 Å². The lowest BCUT2D eigenvalue weighted by atomic mass is 10.1. The third-order valence-corrected chi connectivity index (χ3v) is 6.59. The Labute approximate surface area is 211 Å². The molecule has 190 valence electrons. The number of carbonyl (C=O) groups is 2. The molecule has 7 nitrogen and oxygen atoms in total. The number of ether oxygens (including phenoxy) is 1. The third kappa shape index (κ3) is 5.75. The molecule has 0 radical (unpaired) electrons. The Bertz CT molecular complexity index is 1190. The SMILES string of the molecule is CCCCC1=NC(c2ccc(F)c(C)c2)=CCN1CC(=O)N1CCN(c2cccc(OC)c2)C(=O)C1. The second kappa shape index (κ2) is 11.4. The molecule has 0 bridgehead atoms. The standard InChI is InChI=1S/C28H33FN4O3/c1-4-5-9-26-30-25(21-10-11-24(29)20(2)16-21)12-13-31(26)18-27(34)32-14-15-33(28(35)19-32)22-7-6-8-23(17-22)36-3/h6-8,10-12,16-17H,4-5,9,13-15,18-19H2,1-3H3. The van der Waals surface area contributed by atoms with E-state index in [0.717, 1.165) is 42.0 Å². The number of unbranched alkanes of at least 4 members (excludes halogenated alkanes) is 1. The summed E-state index contributed by atoms with van der Waals surface area (Å²) in [6, 6.07) is 12.4. The van der Waals surface area contributed by atoms with Crippen molar-refractivity contribution < 1.29 is 18.7 Å². The molecule has 0 N–H and O–H groups in total. The molecule has 2 amide bonds. The van der Waals surface area contributed by atoms with Crippen LogP contribution in [0.4, 0.5) is 10.1 Å². The molecule has 2 aromatic carbocycles. The van der Waals surface area contributed by atoms with E-state index in [1.54, 1.807) is 36.0 Å². The number of anilines is 1. The number of methoxy groups -OCH3 is 1. The summed E-state index contributed by atoms with van der Waals surface area (Å²) in [6.07, 6.45) is 4.69. The first-order valence-electron chi connectivity index (χ1n) is 12.4. The lowest BCUT2D eigenvalue weighted by molar-refractivity contribution is -0.137. The Hall–Kier alpha value is -3.68. The van der Waals surface area contributed by atoms with Crippen molar-refractivity contribution in [1.29, 1.82) is 0 Å². The molecule has 2 aliphatic rings. The second-order valence-corrected chi connectivity index (χ2v) is 9.13. The Kier molecular flexibility index (Phi) is 8.03. The Balaban J connectivity index is 1.42. The number of rotatable bonds is 8. The maximum Gasteiger partial charge on any atom is 0.246 e. The molecule has 0 atom stereocenters. The van der Waals surface area contributed by atoms with Crippen LogP contribution in [0.15, 0.2) is 53.5 Å². The number of carbonyl (C=O) groups excluding carboxylic acids is 2. The summed E-state index contributed by atoms with van der Waals surface area (Å²) < 4.78 is 19.0. The Morgan fingerprint density at radius 3 is 2.72 bits per heavy atom. The van der Waals surface area contributed by atoms with Gasteiger partial charge in [-0.1, -0.05) is 19.4 Å². The lowest BCUT2D eigenvalue weighted by Crippen LogP contribution is -2.54. The van der Waals surface area contributed by atoms with Gasteiger partial charge in [-0.15, -0.1) is 0 Å². The smallest absolute Gasteiger partial charge is 0.246 e. The number of hydrogen-bond acceptors (Lipinski definition) is 5. The Morgan fingerprint density at radius 2 is 2.00 bits per heavy atom. The monoisotopic (exact) mass is 492 g/mol. The zero-order valence-electron chi connectivity index (χ0n) is 21.2. The molecule has 2 aliphatic heterocycles. The molecule has 0 aliphatic carbocycles. The van der Waals surface area contributed by atoms with Crippen molar-refractivity contribution in [3.05, 3.63) is 65.5 Å². The largest absolute Gasteiger partial charge is 0.497 e. The Morgan fingerprint density at radius 1 is 1.17 bits per heavy atom. The van der Waals surface area contributed by atoms with Crippen molar-refractivity contribution in [2.75, 3.05) is 44.7 Å². The number of halogens is 1. The molecule has 1 fully saturated rings. The number of aliphatic imine (C=N–C) groups is 1. The second-order valence-electron chi connectivity index (χ2n) is 9.13. The highest BCUT2D eigenvalue weighted by Gasteiger charge is 2.30. The highest BCUT2D eigenvalue weighted by Crippen LogP contribution is 2.25. The van der Waals surface area contributed by atoms with Crippen molar-refractivity contribution in [2.45, 2.75) is 33.1 Å². The van der Waals surface area contributed by atoms with Crippen molar-refractivity contribution in [3.63, 3.8) is 0 Å². The molecule has 2 aromatic rings. The molecule has 0 saturated carbocycles. The molecule has 36 heavy (non-hydrogen) atoms. The average Bonchev–Trinajstić information content (AvgIpc) is 2.89. The van der Waals surface area contributed by atoms with Gasteiger partial charge in [0.2, 0.25) is 11.8 Å². The van der Waals surface area contributed by atoms with Crippen LogP contribution in [0.1, 0.15) is 37.3 Å². The summed E-state index contributed by atoms with van der Waals surface area (Å²) in [6.45, 7) is 5.51. The van der Waals surface area contributed by atoms with E-state index >= 15 is 0 Å². The van der Waals surface area contributed by atoms with E-state index in [1.165, 1.54) is 6.07 Å². The van der Waals surface area contributed by atoms with Gasteiger partial charge in [-0.2, -0.15) is 0 Å². The van der Waals surface area contributed by atoms with E-state index in [2.05, 4.69) is 6.92 Å². The van der Waals surface area contributed by atoms with Crippen LogP contribution in [0.5, 0.6) is 5.75 Å². The number of amidine groups is 1. The molecule has 4 rings (SSSR count). The molecule has 8 heteroatoms. The van der Waals surface area contributed by atoms with Crippen LogP contribution < -0.4 is 9.64 Å². The minimum Gasteiger partial charge on any atom is -0.497 e. The minimum absolute atomic E-state index is 0.0429. The molecule has 0 spiro atoms. The van der Waals surface area contributed by atoms with Gasteiger partial charge >= 0.3 is 0 Å². The van der Waals surface area contributed by atoms with Gasteiger partial charge in [0.05, 0.1) is 19.4 Å². The number of benzene rings is 2. The molecule has 2 heterocycles. The van der Waals surface area contributed by atoms with Crippen LogP contribution in [0.25, 0.3) is 5.70 Å². The van der Waals surface area contributed by atoms with Crippen molar-refractivity contribution in [2.24, 2.45) is 4.99 Å². The fourth-order valence-corrected chi connectivity index (χ4v) is 4.45. The van der Waals surface area contributed by atoms with Crippen LogP contribution in [-0.4, -0.2) is 67.3 Å². The average molecular weight is 493 g/mol. The van der Waals surface area contributed by atoms with E-state index in [-0.39, 0.29) is 30.7 Å². The predicted octanol–water partition coefficient (Wildman–Crippen LogP) is 4.26. The maximum atomic E-state index is 13.7. The molecule has 1 saturated heterocycles. The molecular weight excluding hydrogens is 459 g/mol. The van der Waals surface area contributed by atoms with E-state index < -0.39 is 0 Å². The zero-order chi connectivity index (χ0) is 25.7. The summed E-state index contributed by atoms with van der Waals surface area (Å²) in [7, 11) is 1.59. The maximum absolute atomic E-state index is 13.7. The van der Waals surface area contributed by atoms with Gasteiger partial charge in [-0.3, -0.25) is 9.59 Å². The van der Waals surface area contributed by atoms with Crippen molar-refractivity contribution >= 4 is 29.0 Å². The van der Waals surface area contributed by atoms with Crippen LogP contribution in [0.2, 0.25) is 0 Å². The van der Waals surface area contributed by atoms with Crippen molar-refractivity contribution in [1.82, 2.24) is 9.80 Å². The summed E-state index contributed by atoms with van der Waals surface area (Å²) in [5.74, 6) is 1.10. The normalized spacial score (nSPS) is 16.1. The van der Waals surface area contributed by atoms with E-state index in [0.29, 0.717) is 30.9 Å². The first kappa shape index (κ1) is 25.4. The predicted molar refractivity (Wildman–Crippen MR) is 140 cm³/mol. The van der Waals surface area contributed by atoms with E-state index in [1.807, 2.05) is 35.2 Å². The van der Waals surface area contributed by atoms with Gasteiger partial charge in [-0.25, -0.2) is 9.38 Å². The van der Waals surface area contributed by atoms with E-state index in [9.17, 15) is 14.0 Å². The van der Waals surface area contributed by atoms with Gasteiger partial charge in [-0.05, 0) is 55.3 Å². The quantitative estimate of drug-likeness (QED) is 0.552. The highest BCUT2D eigenvalue weighted by atomic mass is 19.1. The molecule has 0 aromatic heterocycles. The number of aryl methyl sites for hydroxylation is 1. The van der Waals surface area contributed by atoms with Crippen LogP contribution in [0, 0.1) is 12.7 Å². The molecular formula is C28H33FN4O3. The first-order chi connectivity index (χ1) is 17.4. The number of nitrogens with zero attached hydrogens (tertiary/aromatic N) is 4. The summed E-state index contributed by atoms with van der Waals surface area (Å²) in [5.41, 5.74) is 3.02. The number of amides is 2. The first-order valence-corrected chi connectivity index (χ1v) is 12.4. The zero-order valence-corrected chi connectivity index (χ0v) is 21.2. The number of hydrogen-bond donors (Lipinski definition) is 0. The highest BCUT2D eigenvalue weighted by molar-refractivity contribution is 5.99. The fourth-order valence-electron chi connectivity index (χ4n) is 4.45. The van der Waals surface area contributed by atoms with Gasteiger partial charge in [0.15, 0.2) is 0 Å². The van der Waals surface area contributed by atoms with Crippen LogP contribution in [-0.2, 0) is 9.59 Å². The minimum atomic E-state index is -0.237. The number of piperazine rings is 1. The van der Waals surface area contributed by atoms with Crippen LogP contribution >= 0.6 is 0 Å². The molecule has 0 unspecified atom stereocenters. The van der Waals surface area contributed by atoms with E-state index in [4.69, 9.17) is 9.73 Å². The van der Waals surface area contributed by atoms with Crippen molar-refractivity contribution in [3.8, 4) is 5.75 Å². The summed E-state index contributed by atoms with van der Waals surface area (Å²) in [5, 5.41) is 0. The summed E-state index contributed by atoms with van der Waals surface area (Å²) in [4.78, 5) is 36.2. The fraction of sp³-hybridized carbons (Fsp3) is 0.393. The lowest BCUT2D eigenvalue weighted by Gasteiger charge is -2.36.